The number of benzene rings is 2. The molecule has 1 atom stereocenters. The van der Waals surface area contributed by atoms with Gasteiger partial charge >= 0.3 is 0 Å². The molecule has 0 radical (unpaired) electrons. The van der Waals surface area contributed by atoms with Crippen LogP contribution in [0.2, 0.25) is 8.67 Å². The van der Waals surface area contributed by atoms with Crippen LogP contribution in [0.5, 0.6) is 0 Å². The number of halogens is 2. The highest BCUT2D eigenvalue weighted by Gasteiger charge is 2.19. The predicted octanol–water partition coefficient (Wildman–Crippen LogP) is 5.52. The van der Waals surface area contributed by atoms with Crippen LogP contribution in [0.15, 0.2) is 48.5 Å². The zero-order valence-corrected chi connectivity index (χ0v) is 13.2. The van der Waals surface area contributed by atoms with Crippen molar-refractivity contribution in [2.24, 2.45) is 0 Å². The molecular formula is C16H13Cl2NS. The average Bonchev–Trinajstić information content (AvgIpc) is 2.79. The second kappa shape index (κ2) is 5.74. The molecule has 102 valence electrons. The fourth-order valence-corrected chi connectivity index (χ4v) is 4.06. The van der Waals surface area contributed by atoms with E-state index in [0.29, 0.717) is 4.34 Å². The van der Waals surface area contributed by atoms with Gasteiger partial charge in [-0.1, -0.05) is 65.7 Å². The highest BCUT2D eigenvalue weighted by Crippen LogP contribution is 2.38. The van der Waals surface area contributed by atoms with Gasteiger partial charge in [-0.3, -0.25) is 0 Å². The van der Waals surface area contributed by atoms with E-state index in [2.05, 4.69) is 47.8 Å². The number of fused-ring (bicyclic) bond motifs is 1. The molecule has 1 heterocycles. The van der Waals surface area contributed by atoms with Crippen LogP contribution in [0.25, 0.3) is 10.8 Å². The minimum absolute atomic E-state index is 0.0392. The van der Waals surface area contributed by atoms with Crippen molar-refractivity contribution in [3.8, 4) is 0 Å². The van der Waals surface area contributed by atoms with Gasteiger partial charge in [0.1, 0.15) is 0 Å². The molecule has 0 aliphatic carbocycles. The maximum atomic E-state index is 6.31. The van der Waals surface area contributed by atoms with Crippen LogP contribution in [-0.4, -0.2) is 7.05 Å². The molecule has 3 aromatic rings. The third-order valence-electron chi connectivity index (χ3n) is 3.42. The molecule has 0 bridgehead atoms. The third-order valence-corrected chi connectivity index (χ3v) is 4.94. The van der Waals surface area contributed by atoms with Crippen molar-refractivity contribution in [2.45, 2.75) is 6.04 Å². The van der Waals surface area contributed by atoms with Gasteiger partial charge in [0.2, 0.25) is 0 Å². The molecule has 3 rings (SSSR count). The van der Waals surface area contributed by atoms with Crippen molar-refractivity contribution >= 4 is 45.3 Å². The molecule has 0 saturated carbocycles. The summed E-state index contributed by atoms with van der Waals surface area (Å²) in [5.41, 5.74) is 2.24. The third kappa shape index (κ3) is 2.45. The van der Waals surface area contributed by atoms with Crippen LogP contribution in [0, 0.1) is 0 Å². The lowest BCUT2D eigenvalue weighted by Gasteiger charge is -2.18. The summed E-state index contributed by atoms with van der Waals surface area (Å²) in [4.78, 5) is 0. The largest absolute Gasteiger partial charge is 0.309 e. The normalized spacial score (nSPS) is 12.8. The van der Waals surface area contributed by atoms with E-state index in [1.165, 1.54) is 27.7 Å². The SMILES string of the molecule is CNC(c1cc(Cl)sc1Cl)c1cccc2ccccc12. The smallest absolute Gasteiger partial charge is 0.0995 e. The van der Waals surface area contributed by atoms with E-state index in [4.69, 9.17) is 23.2 Å². The lowest BCUT2D eigenvalue weighted by molar-refractivity contribution is 0.699. The van der Waals surface area contributed by atoms with Crippen LogP contribution in [-0.2, 0) is 0 Å². The van der Waals surface area contributed by atoms with E-state index < -0.39 is 0 Å². The molecule has 4 heteroatoms. The Labute approximate surface area is 132 Å². The van der Waals surface area contributed by atoms with Gasteiger partial charge in [0.05, 0.1) is 14.7 Å². The van der Waals surface area contributed by atoms with E-state index >= 15 is 0 Å². The van der Waals surface area contributed by atoms with E-state index in [-0.39, 0.29) is 6.04 Å². The minimum Gasteiger partial charge on any atom is -0.309 e. The number of thiophene rings is 1. The van der Waals surface area contributed by atoms with E-state index in [9.17, 15) is 0 Å². The quantitative estimate of drug-likeness (QED) is 0.670. The Hall–Kier alpha value is -1.06. The summed E-state index contributed by atoms with van der Waals surface area (Å²) >= 11 is 13.8. The lowest BCUT2D eigenvalue weighted by Crippen LogP contribution is -2.17. The van der Waals surface area contributed by atoms with Crippen LogP contribution in [0.1, 0.15) is 17.2 Å². The molecule has 1 aromatic heterocycles. The van der Waals surface area contributed by atoms with E-state index in [1.807, 2.05) is 13.1 Å². The Morgan fingerprint density at radius 2 is 1.75 bits per heavy atom. The summed E-state index contributed by atoms with van der Waals surface area (Å²) < 4.78 is 1.45. The van der Waals surface area contributed by atoms with Gasteiger partial charge in [0.25, 0.3) is 0 Å². The Bertz CT molecular complexity index is 746. The van der Waals surface area contributed by atoms with Crippen LogP contribution in [0.3, 0.4) is 0 Å². The topological polar surface area (TPSA) is 12.0 Å². The fourth-order valence-electron chi connectivity index (χ4n) is 2.53. The zero-order chi connectivity index (χ0) is 14.1. The molecule has 0 aliphatic rings. The Morgan fingerprint density at radius 3 is 2.45 bits per heavy atom. The van der Waals surface area contributed by atoms with Crippen molar-refractivity contribution in [1.82, 2.24) is 5.32 Å². The van der Waals surface area contributed by atoms with E-state index in [1.54, 1.807) is 0 Å². The summed E-state index contributed by atoms with van der Waals surface area (Å²) in [7, 11) is 1.94. The summed E-state index contributed by atoms with van der Waals surface area (Å²) in [5.74, 6) is 0. The standard InChI is InChI=1S/C16H13Cl2NS/c1-19-15(13-9-14(17)20-16(13)18)12-8-4-6-10-5-2-3-7-11(10)12/h2-9,15,19H,1H3. The molecule has 0 amide bonds. The number of rotatable bonds is 3. The number of nitrogens with one attached hydrogen (secondary N) is 1. The fraction of sp³-hybridized carbons (Fsp3) is 0.125. The molecule has 1 N–H and O–H groups in total. The van der Waals surface area contributed by atoms with Crippen LogP contribution in [0.4, 0.5) is 0 Å². The molecule has 0 fully saturated rings. The van der Waals surface area contributed by atoms with E-state index in [0.717, 1.165) is 9.90 Å². The molecule has 1 unspecified atom stereocenters. The highest BCUT2D eigenvalue weighted by molar-refractivity contribution is 7.20. The Balaban J connectivity index is 2.19. The first kappa shape index (κ1) is 13.9. The van der Waals surface area contributed by atoms with Crippen LogP contribution >= 0.6 is 34.5 Å². The lowest BCUT2D eigenvalue weighted by atomic mass is 9.95. The van der Waals surface area contributed by atoms with Crippen molar-refractivity contribution in [2.75, 3.05) is 7.05 Å². The van der Waals surface area contributed by atoms with Gasteiger partial charge in [-0.15, -0.1) is 11.3 Å². The number of hydrogen-bond donors (Lipinski definition) is 1. The molecule has 1 nitrogen and oxygen atoms in total. The van der Waals surface area contributed by atoms with Gasteiger partial charge in [-0.05, 0) is 29.4 Å². The van der Waals surface area contributed by atoms with Crippen molar-refractivity contribution in [3.05, 3.63) is 68.3 Å². The van der Waals surface area contributed by atoms with Gasteiger partial charge in [-0.2, -0.15) is 0 Å². The van der Waals surface area contributed by atoms with Crippen molar-refractivity contribution in [1.29, 1.82) is 0 Å². The van der Waals surface area contributed by atoms with Gasteiger partial charge < -0.3 is 5.32 Å². The summed E-state index contributed by atoms with van der Waals surface area (Å²) in [5, 5.41) is 5.80. The Kier molecular flexibility index (Phi) is 3.99. The monoisotopic (exact) mass is 321 g/mol. The highest BCUT2D eigenvalue weighted by atomic mass is 35.5. The Morgan fingerprint density at radius 1 is 1.00 bits per heavy atom. The first-order valence-electron chi connectivity index (χ1n) is 6.30. The molecule has 0 aliphatic heterocycles. The molecule has 20 heavy (non-hydrogen) atoms. The van der Waals surface area contributed by atoms with Gasteiger partial charge in [0.15, 0.2) is 0 Å². The second-order valence-corrected chi connectivity index (χ2v) is 6.86. The second-order valence-electron chi connectivity index (χ2n) is 4.57. The summed E-state index contributed by atoms with van der Waals surface area (Å²) in [6.07, 6.45) is 0. The van der Waals surface area contributed by atoms with Crippen molar-refractivity contribution < 1.29 is 0 Å². The molecule has 0 saturated heterocycles. The minimum atomic E-state index is 0.0392. The molecule has 2 aromatic carbocycles. The first-order valence-corrected chi connectivity index (χ1v) is 7.87. The van der Waals surface area contributed by atoms with Crippen molar-refractivity contribution in [3.63, 3.8) is 0 Å². The molecular weight excluding hydrogens is 309 g/mol. The predicted molar refractivity (Wildman–Crippen MR) is 89.2 cm³/mol. The maximum absolute atomic E-state index is 6.31. The first-order chi connectivity index (χ1) is 9.70. The summed E-state index contributed by atoms with van der Waals surface area (Å²) in [6, 6.07) is 16.7. The van der Waals surface area contributed by atoms with Crippen LogP contribution < -0.4 is 5.32 Å². The van der Waals surface area contributed by atoms with Gasteiger partial charge in [-0.25, -0.2) is 0 Å². The maximum Gasteiger partial charge on any atom is 0.0995 e. The average molecular weight is 322 g/mol. The summed E-state index contributed by atoms with van der Waals surface area (Å²) in [6.45, 7) is 0. The molecule has 0 spiro atoms. The van der Waals surface area contributed by atoms with Gasteiger partial charge in [0, 0.05) is 5.56 Å². The number of hydrogen-bond acceptors (Lipinski definition) is 2. The zero-order valence-electron chi connectivity index (χ0n) is 10.9.